The molecule has 0 aliphatic heterocycles. The Kier molecular flexibility index (Phi) is 7.28. The summed E-state index contributed by atoms with van der Waals surface area (Å²) in [6.07, 6.45) is 2.72. The van der Waals surface area contributed by atoms with E-state index < -0.39 is 0 Å². The van der Waals surface area contributed by atoms with Crippen molar-refractivity contribution < 1.29 is 4.79 Å². The molecule has 0 aromatic rings. The molecule has 0 aromatic heterocycles. The molecule has 1 N–H and O–H groups in total. The van der Waals surface area contributed by atoms with E-state index in [-0.39, 0.29) is 6.04 Å². The fourth-order valence-corrected chi connectivity index (χ4v) is 1.96. The number of hydrogen-bond acceptors (Lipinski definition) is 3. The molecule has 3 heteroatoms. The van der Waals surface area contributed by atoms with Crippen LogP contribution in [0, 0.1) is 5.92 Å². The summed E-state index contributed by atoms with van der Waals surface area (Å²) >= 11 is 1.72. The number of nitrogens with one attached hydrogen (secondary N) is 1. The number of hydrogen-bond donors (Lipinski definition) is 1. The SMILES string of the molecule is CSCC(NC(C)C)C(=O)CC(C)C. The van der Waals surface area contributed by atoms with Crippen LogP contribution >= 0.6 is 11.8 Å². The molecule has 0 saturated carbocycles. The zero-order valence-corrected chi connectivity index (χ0v) is 10.8. The van der Waals surface area contributed by atoms with Crippen LogP contribution in [0.4, 0.5) is 0 Å². The third-order valence-corrected chi connectivity index (χ3v) is 2.53. The first-order chi connectivity index (χ1) is 6.47. The molecule has 0 aromatic carbocycles. The van der Waals surface area contributed by atoms with Crippen LogP contribution in [0.5, 0.6) is 0 Å². The number of Topliss-reactive ketones (excluding diaryl/α,β-unsaturated/α-hetero) is 1. The molecule has 2 nitrogen and oxygen atoms in total. The fraction of sp³-hybridized carbons (Fsp3) is 0.909. The minimum absolute atomic E-state index is 0.0346. The molecule has 0 amide bonds. The second kappa shape index (κ2) is 7.30. The molecule has 1 atom stereocenters. The molecule has 0 aliphatic carbocycles. The normalized spacial score (nSPS) is 13.6. The maximum Gasteiger partial charge on any atom is 0.150 e. The molecule has 0 bridgehead atoms. The van der Waals surface area contributed by atoms with Crippen molar-refractivity contribution in [2.45, 2.75) is 46.2 Å². The Morgan fingerprint density at radius 1 is 1.29 bits per heavy atom. The van der Waals surface area contributed by atoms with E-state index in [0.29, 0.717) is 24.2 Å². The third kappa shape index (κ3) is 6.44. The lowest BCUT2D eigenvalue weighted by atomic mass is 10.0. The van der Waals surface area contributed by atoms with E-state index in [1.54, 1.807) is 11.8 Å². The number of rotatable bonds is 7. The van der Waals surface area contributed by atoms with E-state index in [4.69, 9.17) is 0 Å². The summed E-state index contributed by atoms with van der Waals surface area (Å²) in [5.41, 5.74) is 0. The highest BCUT2D eigenvalue weighted by molar-refractivity contribution is 7.98. The van der Waals surface area contributed by atoms with Gasteiger partial charge in [0, 0.05) is 18.2 Å². The Labute approximate surface area is 92.2 Å². The van der Waals surface area contributed by atoms with Gasteiger partial charge in [0.2, 0.25) is 0 Å². The first kappa shape index (κ1) is 14.0. The van der Waals surface area contributed by atoms with Gasteiger partial charge >= 0.3 is 0 Å². The quantitative estimate of drug-likeness (QED) is 0.709. The van der Waals surface area contributed by atoms with Gasteiger partial charge in [-0.25, -0.2) is 0 Å². The number of ketones is 1. The fourth-order valence-electron chi connectivity index (χ4n) is 1.35. The lowest BCUT2D eigenvalue weighted by Gasteiger charge is -2.20. The highest BCUT2D eigenvalue weighted by Crippen LogP contribution is 2.07. The molecule has 0 aliphatic rings. The van der Waals surface area contributed by atoms with Gasteiger partial charge in [-0.1, -0.05) is 27.7 Å². The smallest absolute Gasteiger partial charge is 0.150 e. The highest BCUT2D eigenvalue weighted by Gasteiger charge is 2.18. The molecule has 1 unspecified atom stereocenters. The third-order valence-electron chi connectivity index (χ3n) is 1.87. The summed E-state index contributed by atoms with van der Waals surface area (Å²) in [5.74, 6) is 1.69. The van der Waals surface area contributed by atoms with Gasteiger partial charge in [-0.2, -0.15) is 11.8 Å². The topological polar surface area (TPSA) is 29.1 Å². The van der Waals surface area contributed by atoms with Crippen molar-refractivity contribution in [3.63, 3.8) is 0 Å². The van der Waals surface area contributed by atoms with E-state index in [2.05, 4.69) is 33.0 Å². The maximum absolute atomic E-state index is 11.8. The molecule has 0 fully saturated rings. The van der Waals surface area contributed by atoms with E-state index in [1.165, 1.54) is 0 Å². The molecule has 0 spiro atoms. The predicted octanol–water partition coefficient (Wildman–Crippen LogP) is 2.33. The van der Waals surface area contributed by atoms with Gasteiger partial charge in [-0.15, -0.1) is 0 Å². The van der Waals surface area contributed by atoms with Crippen molar-refractivity contribution in [2.75, 3.05) is 12.0 Å². The number of carbonyl (C=O) groups excluding carboxylic acids is 1. The molecular formula is C11H23NOS. The average Bonchev–Trinajstić information content (AvgIpc) is 2.01. The summed E-state index contributed by atoms with van der Waals surface area (Å²) in [5, 5.41) is 3.32. The van der Waals surface area contributed by atoms with E-state index in [1.807, 2.05) is 6.26 Å². The number of carbonyl (C=O) groups is 1. The Bertz CT molecular complexity index is 169. The first-order valence-electron chi connectivity index (χ1n) is 5.25. The van der Waals surface area contributed by atoms with Crippen molar-refractivity contribution >= 4 is 17.5 Å². The Balaban J connectivity index is 4.10. The van der Waals surface area contributed by atoms with E-state index in [0.717, 1.165) is 5.75 Å². The van der Waals surface area contributed by atoms with Crippen molar-refractivity contribution in [3.05, 3.63) is 0 Å². The summed E-state index contributed by atoms with van der Waals surface area (Å²) in [6.45, 7) is 8.33. The van der Waals surface area contributed by atoms with Gasteiger partial charge < -0.3 is 5.32 Å². The van der Waals surface area contributed by atoms with Crippen molar-refractivity contribution in [2.24, 2.45) is 5.92 Å². The summed E-state index contributed by atoms with van der Waals surface area (Å²) in [4.78, 5) is 11.8. The van der Waals surface area contributed by atoms with Gasteiger partial charge in [-0.3, -0.25) is 4.79 Å². The molecule has 0 radical (unpaired) electrons. The van der Waals surface area contributed by atoms with E-state index >= 15 is 0 Å². The lowest BCUT2D eigenvalue weighted by molar-refractivity contribution is -0.121. The van der Waals surface area contributed by atoms with Gasteiger partial charge in [0.25, 0.3) is 0 Å². The van der Waals surface area contributed by atoms with Crippen molar-refractivity contribution in [1.29, 1.82) is 0 Å². The lowest BCUT2D eigenvalue weighted by Crippen LogP contribution is -2.43. The van der Waals surface area contributed by atoms with Gasteiger partial charge in [-0.05, 0) is 12.2 Å². The minimum atomic E-state index is 0.0346. The largest absolute Gasteiger partial charge is 0.305 e. The van der Waals surface area contributed by atoms with Crippen molar-refractivity contribution in [3.8, 4) is 0 Å². The zero-order valence-electron chi connectivity index (χ0n) is 9.96. The molecule has 0 saturated heterocycles. The van der Waals surface area contributed by atoms with Gasteiger partial charge in [0.1, 0.15) is 0 Å². The molecule has 0 rings (SSSR count). The summed E-state index contributed by atoms with van der Waals surface area (Å²) in [7, 11) is 0. The standard InChI is InChI=1S/C11H23NOS/c1-8(2)6-11(13)10(7-14-5)12-9(3)4/h8-10,12H,6-7H2,1-5H3. The Morgan fingerprint density at radius 3 is 2.21 bits per heavy atom. The predicted molar refractivity (Wildman–Crippen MR) is 64.9 cm³/mol. The van der Waals surface area contributed by atoms with Crippen LogP contribution in [0.1, 0.15) is 34.1 Å². The molecule has 84 valence electrons. The molecular weight excluding hydrogens is 194 g/mol. The monoisotopic (exact) mass is 217 g/mol. The van der Waals surface area contributed by atoms with Gasteiger partial charge in [0.05, 0.1) is 6.04 Å². The van der Waals surface area contributed by atoms with Crippen LogP contribution < -0.4 is 5.32 Å². The number of thioether (sulfide) groups is 1. The van der Waals surface area contributed by atoms with E-state index in [9.17, 15) is 4.79 Å². The average molecular weight is 217 g/mol. The first-order valence-corrected chi connectivity index (χ1v) is 6.64. The minimum Gasteiger partial charge on any atom is -0.305 e. The van der Waals surface area contributed by atoms with Crippen LogP contribution in [-0.4, -0.2) is 29.9 Å². The van der Waals surface area contributed by atoms with Crippen LogP contribution in [0.25, 0.3) is 0 Å². The maximum atomic E-state index is 11.8. The Hall–Kier alpha value is -0.0200. The summed E-state index contributed by atoms with van der Waals surface area (Å²) < 4.78 is 0. The van der Waals surface area contributed by atoms with Crippen LogP contribution in [0.15, 0.2) is 0 Å². The summed E-state index contributed by atoms with van der Waals surface area (Å²) in [6, 6.07) is 0.413. The van der Waals surface area contributed by atoms with Crippen LogP contribution in [-0.2, 0) is 4.79 Å². The second-order valence-corrected chi connectivity index (χ2v) is 5.30. The second-order valence-electron chi connectivity index (χ2n) is 4.39. The molecule has 14 heavy (non-hydrogen) atoms. The van der Waals surface area contributed by atoms with Crippen LogP contribution in [0.3, 0.4) is 0 Å². The Morgan fingerprint density at radius 2 is 1.86 bits per heavy atom. The van der Waals surface area contributed by atoms with Crippen LogP contribution in [0.2, 0.25) is 0 Å². The van der Waals surface area contributed by atoms with Gasteiger partial charge in [0.15, 0.2) is 5.78 Å². The van der Waals surface area contributed by atoms with Crippen molar-refractivity contribution in [1.82, 2.24) is 5.32 Å². The highest BCUT2D eigenvalue weighted by atomic mass is 32.2. The molecule has 0 heterocycles. The zero-order chi connectivity index (χ0) is 11.1.